The molecule has 2 atom stereocenters. The van der Waals surface area contributed by atoms with Gasteiger partial charge < -0.3 is 9.47 Å². The summed E-state index contributed by atoms with van der Waals surface area (Å²) in [5, 5.41) is 0. The first-order valence-corrected chi connectivity index (χ1v) is 5.62. The van der Waals surface area contributed by atoms with Crippen LogP contribution in [-0.4, -0.2) is 31.3 Å². The standard InChI is InChI=1S/C11H17F3O4/c1-4-17-9(15)6-8(11(12,13)14)7(3)10(16)18-5-2/h7-8H,4-6H2,1-3H3/t7-,8-/m1/s1. The number of hydrogen-bond acceptors (Lipinski definition) is 4. The summed E-state index contributed by atoms with van der Waals surface area (Å²) in [5.74, 6) is -5.47. The Balaban J connectivity index is 4.79. The third-order valence-electron chi connectivity index (χ3n) is 2.37. The third-order valence-corrected chi connectivity index (χ3v) is 2.37. The van der Waals surface area contributed by atoms with Gasteiger partial charge in [0.05, 0.1) is 31.5 Å². The highest BCUT2D eigenvalue weighted by Gasteiger charge is 2.47. The zero-order chi connectivity index (χ0) is 14.3. The molecule has 0 saturated heterocycles. The number of hydrogen-bond donors (Lipinski definition) is 0. The molecule has 18 heavy (non-hydrogen) atoms. The van der Waals surface area contributed by atoms with Gasteiger partial charge in [-0.25, -0.2) is 0 Å². The summed E-state index contributed by atoms with van der Waals surface area (Å²) in [7, 11) is 0. The van der Waals surface area contributed by atoms with E-state index in [1.807, 2.05) is 0 Å². The van der Waals surface area contributed by atoms with Gasteiger partial charge in [-0.3, -0.25) is 9.59 Å². The Labute approximate surface area is 103 Å². The highest BCUT2D eigenvalue weighted by atomic mass is 19.4. The smallest absolute Gasteiger partial charge is 0.393 e. The second-order valence-corrected chi connectivity index (χ2v) is 3.70. The van der Waals surface area contributed by atoms with E-state index in [2.05, 4.69) is 9.47 Å². The predicted octanol–water partition coefficient (Wildman–Crippen LogP) is 2.32. The van der Waals surface area contributed by atoms with E-state index in [-0.39, 0.29) is 13.2 Å². The van der Waals surface area contributed by atoms with Crippen molar-refractivity contribution in [1.82, 2.24) is 0 Å². The molecule has 0 bridgehead atoms. The summed E-state index contributed by atoms with van der Waals surface area (Å²) in [5.41, 5.74) is 0. The molecule has 0 heterocycles. The van der Waals surface area contributed by atoms with Crippen LogP contribution in [0.5, 0.6) is 0 Å². The van der Waals surface area contributed by atoms with Crippen LogP contribution >= 0.6 is 0 Å². The minimum absolute atomic E-state index is 0.00278. The van der Waals surface area contributed by atoms with Gasteiger partial charge in [-0.15, -0.1) is 0 Å². The highest BCUT2D eigenvalue weighted by molar-refractivity contribution is 5.75. The normalized spacial score (nSPS) is 14.8. The first-order chi connectivity index (χ1) is 8.23. The van der Waals surface area contributed by atoms with Gasteiger partial charge >= 0.3 is 18.1 Å². The Morgan fingerprint density at radius 1 is 1.11 bits per heavy atom. The third kappa shape index (κ3) is 5.37. The molecule has 0 amide bonds. The van der Waals surface area contributed by atoms with Gasteiger partial charge in [-0.2, -0.15) is 13.2 Å². The molecule has 7 heteroatoms. The lowest BCUT2D eigenvalue weighted by atomic mass is 9.90. The fourth-order valence-electron chi connectivity index (χ4n) is 1.41. The maximum atomic E-state index is 12.8. The van der Waals surface area contributed by atoms with E-state index in [1.54, 1.807) is 0 Å². The van der Waals surface area contributed by atoms with Crippen molar-refractivity contribution >= 4 is 11.9 Å². The first kappa shape index (κ1) is 16.7. The number of carbonyl (C=O) groups is 2. The first-order valence-electron chi connectivity index (χ1n) is 5.62. The summed E-state index contributed by atoms with van der Waals surface area (Å²) < 4.78 is 47.3. The van der Waals surface area contributed by atoms with Crippen LogP contribution in [0.4, 0.5) is 13.2 Å². The number of rotatable bonds is 6. The van der Waals surface area contributed by atoms with Crippen LogP contribution in [0.2, 0.25) is 0 Å². The second-order valence-electron chi connectivity index (χ2n) is 3.70. The van der Waals surface area contributed by atoms with Crippen molar-refractivity contribution in [2.75, 3.05) is 13.2 Å². The quantitative estimate of drug-likeness (QED) is 0.695. The number of esters is 2. The van der Waals surface area contributed by atoms with Crippen LogP contribution in [0.15, 0.2) is 0 Å². The van der Waals surface area contributed by atoms with Crippen molar-refractivity contribution in [2.45, 2.75) is 33.4 Å². The van der Waals surface area contributed by atoms with Gasteiger partial charge in [-0.1, -0.05) is 6.92 Å². The summed E-state index contributed by atoms with van der Waals surface area (Å²) in [6.45, 7) is 4.08. The number of halogens is 3. The van der Waals surface area contributed by atoms with E-state index >= 15 is 0 Å². The molecule has 0 aliphatic rings. The predicted molar refractivity (Wildman–Crippen MR) is 56.6 cm³/mol. The molecule has 0 unspecified atom stereocenters. The van der Waals surface area contributed by atoms with Gasteiger partial charge in [0.25, 0.3) is 0 Å². The molecule has 0 saturated carbocycles. The van der Waals surface area contributed by atoms with Crippen molar-refractivity contribution in [1.29, 1.82) is 0 Å². The van der Waals surface area contributed by atoms with E-state index < -0.39 is 36.4 Å². The molecule has 0 radical (unpaired) electrons. The van der Waals surface area contributed by atoms with Crippen LogP contribution in [-0.2, 0) is 19.1 Å². The lowest BCUT2D eigenvalue weighted by Crippen LogP contribution is -2.36. The van der Waals surface area contributed by atoms with Crippen molar-refractivity contribution in [3.63, 3.8) is 0 Å². The van der Waals surface area contributed by atoms with Crippen LogP contribution in [0.1, 0.15) is 27.2 Å². The SMILES string of the molecule is CCOC(=O)C[C@H]([C@@H](C)C(=O)OCC)C(F)(F)F. The topological polar surface area (TPSA) is 52.6 Å². The Morgan fingerprint density at radius 2 is 1.61 bits per heavy atom. The molecule has 0 N–H and O–H groups in total. The van der Waals surface area contributed by atoms with Crippen LogP contribution in [0.25, 0.3) is 0 Å². The Kier molecular flexibility index (Phi) is 6.72. The van der Waals surface area contributed by atoms with E-state index in [9.17, 15) is 22.8 Å². The Morgan fingerprint density at radius 3 is 2.00 bits per heavy atom. The van der Waals surface area contributed by atoms with Gasteiger partial charge in [0, 0.05) is 0 Å². The summed E-state index contributed by atoms with van der Waals surface area (Å²) >= 11 is 0. The van der Waals surface area contributed by atoms with Crippen molar-refractivity contribution in [2.24, 2.45) is 11.8 Å². The van der Waals surface area contributed by atoms with Crippen LogP contribution < -0.4 is 0 Å². The van der Waals surface area contributed by atoms with Crippen molar-refractivity contribution in [3.8, 4) is 0 Å². The molecule has 106 valence electrons. The zero-order valence-electron chi connectivity index (χ0n) is 10.5. The molecular formula is C11H17F3O4. The monoisotopic (exact) mass is 270 g/mol. The summed E-state index contributed by atoms with van der Waals surface area (Å²) in [4.78, 5) is 22.4. The molecule has 0 aliphatic carbocycles. The molecule has 0 aromatic carbocycles. The molecule has 0 aromatic heterocycles. The molecule has 0 fully saturated rings. The molecular weight excluding hydrogens is 253 g/mol. The van der Waals surface area contributed by atoms with Crippen LogP contribution in [0.3, 0.4) is 0 Å². The minimum atomic E-state index is -4.65. The maximum Gasteiger partial charge on any atom is 0.393 e. The summed E-state index contributed by atoms with van der Waals surface area (Å²) in [6, 6.07) is 0. The highest BCUT2D eigenvalue weighted by Crippen LogP contribution is 2.35. The Hall–Kier alpha value is -1.27. The molecule has 0 rings (SSSR count). The molecule has 4 nitrogen and oxygen atoms in total. The number of alkyl halides is 3. The lowest BCUT2D eigenvalue weighted by molar-refractivity contribution is -0.202. The summed E-state index contributed by atoms with van der Waals surface area (Å²) in [6.07, 6.45) is -5.53. The fraction of sp³-hybridized carbons (Fsp3) is 0.818. The fourth-order valence-corrected chi connectivity index (χ4v) is 1.41. The lowest BCUT2D eigenvalue weighted by Gasteiger charge is -2.24. The minimum Gasteiger partial charge on any atom is -0.466 e. The van der Waals surface area contributed by atoms with Gasteiger partial charge in [-0.05, 0) is 13.8 Å². The van der Waals surface area contributed by atoms with Gasteiger partial charge in [0.1, 0.15) is 0 Å². The zero-order valence-corrected chi connectivity index (χ0v) is 10.5. The van der Waals surface area contributed by atoms with Crippen molar-refractivity contribution in [3.05, 3.63) is 0 Å². The molecule has 0 aromatic rings. The Bertz CT molecular complexity index is 289. The number of carbonyl (C=O) groups excluding carboxylic acids is 2. The van der Waals surface area contributed by atoms with Crippen LogP contribution in [0, 0.1) is 11.8 Å². The van der Waals surface area contributed by atoms with E-state index in [4.69, 9.17) is 0 Å². The van der Waals surface area contributed by atoms with Crippen molar-refractivity contribution < 1.29 is 32.2 Å². The van der Waals surface area contributed by atoms with Gasteiger partial charge in [0.15, 0.2) is 0 Å². The van der Waals surface area contributed by atoms with E-state index in [0.29, 0.717) is 0 Å². The largest absolute Gasteiger partial charge is 0.466 e. The van der Waals surface area contributed by atoms with Gasteiger partial charge in [0.2, 0.25) is 0 Å². The maximum absolute atomic E-state index is 12.8. The van der Waals surface area contributed by atoms with E-state index in [1.165, 1.54) is 13.8 Å². The van der Waals surface area contributed by atoms with E-state index in [0.717, 1.165) is 6.92 Å². The average Bonchev–Trinajstić information content (AvgIpc) is 2.24. The molecule has 0 spiro atoms. The second kappa shape index (κ2) is 7.23. The number of ether oxygens (including phenoxy) is 2. The molecule has 0 aliphatic heterocycles. The average molecular weight is 270 g/mol.